The Bertz CT molecular complexity index is 737. The van der Waals surface area contributed by atoms with Crippen LogP contribution in [0.3, 0.4) is 0 Å². The Morgan fingerprint density at radius 3 is 1.72 bits per heavy atom. The fraction of sp³-hybridized carbons (Fsp3) is 0.500. The van der Waals surface area contributed by atoms with E-state index in [0.717, 1.165) is 5.33 Å². The van der Waals surface area contributed by atoms with E-state index in [-0.39, 0.29) is 10.5 Å². The summed E-state index contributed by atoms with van der Waals surface area (Å²) in [5.74, 6) is -0.539. The molecule has 3 nitrogen and oxygen atoms in total. The Balaban J connectivity index is 2.02. The molecule has 0 aromatic heterocycles. The molecule has 0 atom stereocenters. The van der Waals surface area contributed by atoms with Crippen LogP contribution in [-0.2, 0) is 13.9 Å². The van der Waals surface area contributed by atoms with E-state index in [1.807, 2.05) is 13.8 Å². The fourth-order valence-corrected chi connectivity index (χ4v) is 9.12. The lowest BCUT2D eigenvalue weighted by Crippen LogP contribution is -2.68. The van der Waals surface area contributed by atoms with Crippen molar-refractivity contribution in [2.24, 2.45) is 5.41 Å². The van der Waals surface area contributed by atoms with E-state index in [1.165, 1.54) is 10.4 Å². The second-order valence-electron chi connectivity index (χ2n) is 9.56. The Kier molecular flexibility index (Phi) is 6.76. The van der Waals surface area contributed by atoms with Crippen molar-refractivity contribution < 1.29 is 13.9 Å². The monoisotopic (exact) mass is 476 g/mol. The highest BCUT2D eigenvalue weighted by atomic mass is 79.9. The third kappa shape index (κ3) is 4.69. The molecule has 0 radical (unpaired) electrons. The van der Waals surface area contributed by atoms with E-state index in [9.17, 15) is 0 Å². The van der Waals surface area contributed by atoms with Crippen molar-refractivity contribution in [2.75, 3.05) is 25.2 Å². The van der Waals surface area contributed by atoms with Gasteiger partial charge in [-0.15, -0.1) is 0 Å². The smallest absolute Gasteiger partial charge is 0.261 e. The van der Waals surface area contributed by atoms with Gasteiger partial charge in [0.05, 0.1) is 13.2 Å². The summed E-state index contributed by atoms with van der Waals surface area (Å²) in [6, 6.07) is 21.5. The molecule has 0 amide bonds. The van der Waals surface area contributed by atoms with E-state index in [1.54, 1.807) is 0 Å². The van der Waals surface area contributed by atoms with Crippen LogP contribution in [0.4, 0.5) is 0 Å². The predicted octanol–water partition coefficient (Wildman–Crippen LogP) is 4.73. The molecule has 158 valence electrons. The lowest BCUT2D eigenvalue weighted by atomic mass is 9.93. The van der Waals surface area contributed by atoms with Gasteiger partial charge >= 0.3 is 0 Å². The number of benzene rings is 2. The minimum absolute atomic E-state index is 0.0428. The maximum atomic E-state index is 7.12. The molecule has 0 spiro atoms. The molecule has 29 heavy (non-hydrogen) atoms. The van der Waals surface area contributed by atoms with Crippen molar-refractivity contribution in [1.82, 2.24) is 0 Å². The SMILES string of the molecule is CC1(C)OCC(CBr)(CO[Si](c2ccccc2)(c2ccccc2)C(C)(C)C)CO1. The van der Waals surface area contributed by atoms with E-state index in [4.69, 9.17) is 13.9 Å². The van der Waals surface area contributed by atoms with Crippen LogP contribution in [0, 0.1) is 5.41 Å². The highest BCUT2D eigenvalue weighted by Crippen LogP contribution is 2.39. The summed E-state index contributed by atoms with van der Waals surface area (Å²) < 4.78 is 19.2. The van der Waals surface area contributed by atoms with Gasteiger partial charge in [-0.05, 0) is 29.3 Å². The van der Waals surface area contributed by atoms with Gasteiger partial charge in [-0.25, -0.2) is 0 Å². The summed E-state index contributed by atoms with van der Waals surface area (Å²) in [6.07, 6.45) is 0. The second-order valence-corrected chi connectivity index (χ2v) is 14.4. The van der Waals surface area contributed by atoms with Gasteiger partial charge in [0.25, 0.3) is 8.32 Å². The molecule has 1 aliphatic rings. The lowest BCUT2D eigenvalue weighted by Gasteiger charge is -2.47. The number of hydrogen-bond acceptors (Lipinski definition) is 3. The molecular formula is C24H33BrO3Si. The summed E-state index contributed by atoms with van der Waals surface area (Å²) in [5, 5.41) is 3.32. The minimum atomic E-state index is -2.56. The van der Waals surface area contributed by atoms with Crippen LogP contribution in [-0.4, -0.2) is 39.3 Å². The molecule has 2 aromatic rings. The third-order valence-corrected chi connectivity index (χ3v) is 11.9. The molecule has 3 rings (SSSR count). The van der Waals surface area contributed by atoms with Crippen molar-refractivity contribution in [3.05, 3.63) is 60.7 Å². The maximum Gasteiger partial charge on any atom is 0.261 e. The summed E-state index contributed by atoms with van der Waals surface area (Å²) in [6.45, 7) is 12.7. The average molecular weight is 478 g/mol. The zero-order chi connectivity index (χ0) is 21.2. The largest absolute Gasteiger partial charge is 0.407 e. The van der Waals surface area contributed by atoms with Gasteiger partial charge in [-0.3, -0.25) is 0 Å². The molecule has 1 aliphatic heterocycles. The van der Waals surface area contributed by atoms with E-state index in [2.05, 4.69) is 97.4 Å². The molecule has 0 saturated carbocycles. The number of ether oxygens (including phenoxy) is 2. The van der Waals surface area contributed by atoms with Crippen LogP contribution in [0.1, 0.15) is 34.6 Å². The van der Waals surface area contributed by atoms with Crippen molar-refractivity contribution in [1.29, 1.82) is 0 Å². The number of rotatable bonds is 6. The second kappa shape index (κ2) is 8.64. The first-order valence-corrected chi connectivity index (χ1v) is 13.3. The van der Waals surface area contributed by atoms with Crippen LogP contribution >= 0.6 is 15.9 Å². The van der Waals surface area contributed by atoms with Gasteiger partial charge in [0.2, 0.25) is 0 Å². The van der Waals surface area contributed by atoms with E-state index < -0.39 is 14.1 Å². The molecule has 0 unspecified atom stereocenters. The van der Waals surface area contributed by atoms with Crippen LogP contribution < -0.4 is 10.4 Å². The predicted molar refractivity (Wildman–Crippen MR) is 126 cm³/mol. The Morgan fingerprint density at radius 1 is 0.897 bits per heavy atom. The van der Waals surface area contributed by atoms with Crippen LogP contribution in [0.15, 0.2) is 60.7 Å². The zero-order valence-electron chi connectivity index (χ0n) is 18.2. The van der Waals surface area contributed by atoms with Gasteiger partial charge in [0.1, 0.15) is 0 Å². The topological polar surface area (TPSA) is 27.7 Å². The fourth-order valence-electron chi connectivity index (χ4n) is 3.96. The normalized spacial score (nSPS) is 19.1. The van der Waals surface area contributed by atoms with Crippen molar-refractivity contribution in [2.45, 2.75) is 45.4 Å². The molecule has 5 heteroatoms. The van der Waals surface area contributed by atoms with E-state index >= 15 is 0 Å². The Labute approximate surface area is 185 Å². The standard InChI is InChI=1S/C24H33BrO3Si/c1-22(2,3)29(20-12-8-6-9-13-20,21-14-10-7-11-15-21)28-19-24(16-25)17-26-23(4,5)27-18-24/h6-15H,16-19H2,1-5H3. The lowest BCUT2D eigenvalue weighted by molar-refractivity contribution is -0.284. The van der Waals surface area contributed by atoms with Gasteiger partial charge in [-0.1, -0.05) is 97.4 Å². The Hall–Kier alpha value is -0.983. The highest BCUT2D eigenvalue weighted by Gasteiger charge is 2.52. The van der Waals surface area contributed by atoms with Crippen LogP contribution in [0.5, 0.6) is 0 Å². The first kappa shape index (κ1) is 22.7. The summed E-state index contributed by atoms with van der Waals surface area (Å²) in [4.78, 5) is 0. The van der Waals surface area contributed by atoms with Crippen LogP contribution in [0.2, 0.25) is 5.04 Å². The van der Waals surface area contributed by atoms with Crippen molar-refractivity contribution in [3.8, 4) is 0 Å². The summed E-state index contributed by atoms with van der Waals surface area (Å²) in [5.41, 5.74) is -0.206. The van der Waals surface area contributed by atoms with Gasteiger partial charge in [-0.2, -0.15) is 0 Å². The van der Waals surface area contributed by atoms with E-state index in [0.29, 0.717) is 19.8 Å². The Morgan fingerprint density at radius 2 is 1.34 bits per heavy atom. The van der Waals surface area contributed by atoms with Gasteiger partial charge in [0, 0.05) is 17.4 Å². The molecule has 0 N–H and O–H groups in total. The minimum Gasteiger partial charge on any atom is -0.407 e. The van der Waals surface area contributed by atoms with Crippen molar-refractivity contribution in [3.63, 3.8) is 0 Å². The number of halogens is 1. The first-order chi connectivity index (χ1) is 13.6. The van der Waals surface area contributed by atoms with Gasteiger partial charge < -0.3 is 13.9 Å². The number of hydrogen-bond donors (Lipinski definition) is 0. The molecule has 1 heterocycles. The molecule has 2 aromatic carbocycles. The first-order valence-electron chi connectivity index (χ1n) is 10.2. The summed E-state index contributed by atoms with van der Waals surface area (Å²) in [7, 11) is -2.56. The summed E-state index contributed by atoms with van der Waals surface area (Å²) >= 11 is 3.71. The molecular weight excluding hydrogens is 444 g/mol. The molecule has 1 fully saturated rings. The van der Waals surface area contributed by atoms with Crippen LogP contribution in [0.25, 0.3) is 0 Å². The third-order valence-electron chi connectivity index (χ3n) is 5.75. The molecule has 0 bridgehead atoms. The van der Waals surface area contributed by atoms with Gasteiger partial charge in [0.15, 0.2) is 5.79 Å². The maximum absolute atomic E-state index is 7.12. The highest BCUT2D eigenvalue weighted by molar-refractivity contribution is 9.09. The average Bonchev–Trinajstić information content (AvgIpc) is 2.70. The molecule has 1 saturated heterocycles. The quantitative estimate of drug-likeness (QED) is 0.445. The molecule has 0 aliphatic carbocycles. The van der Waals surface area contributed by atoms with Crippen molar-refractivity contribution >= 4 is 34.6 Å². The zero-order valence-corrected chi connectivity index (χ0v) is 20.8. The number of alkyl halides is 1.